The van der Waals surface area contributed by atoms with Crippen LogP contribution in [-0.2, 0) is 16.0 Å². The first-order chi connectivity index (χ1) is 18.3. The van der Waals surface area contributed by atoms with Gasteiger partial charge in [-0.1, -0.05) is 35.3 Å². The van der Waals surface area contributed by atoms with Gasteiger partial charge in [-0.15, -0.1) is 11.6 Å². The van der Waals surface area contributed by atoms with Crippen molar-refractivity contribution in [2.24, 2.45) is 0 Å². The number of alkyl halides is 1. The summed E-state index contributed by atoms with van der Waals surface area (Å²) in [7, 11) is 0. The highest BCUT2D eigenvalue weighted by Gasteiger charge is 2.23. The van der Waals surface area contributed by atoms with E-state index in [-0.39, 0.29) is 23.6 Å². The molecule has 0 aliphatic carbocycles. The number of halogens is 3. The Morgan fingerprint density at radius 3 is 1.92 bits per heavy atom. The largest absolute Gasteiger partial charge is 0.457 e. The molecule has 3 amide bonds. The van der Waals surface area contributed by atoms with Crippen LogP contribution in [0.3, 0.4) is 0 Å². The number of anilines is 1. The van der Waals surface area contributed by atoms with Crippen molar-refractivity contribution in [3.8, 4) is 11.5 Å². The van der Waals surface area contributed by atoms with Crippen LogP contribution in [0.5, 0.6) is 11.5 Å². The van der Waals surface area contributed by atoms with E-state index in [2.05, 4.69) is 5.32 Å². The van der Waals surface area contributed by atoms with Crippen molar-refractivity contribution >= 4 is 58.2 Å². The lowest BCUT2D eigenvalue weighted by Crippen LogP contribution is -2.51. The first-order valence-electron chi connectivity index (χ1n) is 12.1. The number of rotatable bonds is 8. The molecule has 38 heavy (non-hydrogen) atoms. The van der Waals surface area contributed by atoms with Crippen molar-refractivity contribution in [1.82, 2.24) is 9.80 Å². The van der Waals surface area contributed by atoms with E-state index >= 15 is 0 Å². The molecule has 3 aromatic rings. The summed E-state index contributed by atoms with van der Waals surface area (Å²) in [6, 6.07) is 19.3. The zero-order chi connectivity index (χ0) is 27.1. The number of carbonyl (C=O) groups is 3. The second-order valence-corrected chi connectivity index (χ2v) is 9.83. The Labute approximate surface area is 236 Å². The number of hydrogen-bond acceptors (Lipinski definition) is 4. The third-order valence-electron chi connectivity index (χ3n) is 6.18. The molecule has 4 rings (SSSR count). The molecule has 0 unspecified atom stereocenters. The number of piperazine rings is 1. The monoisotopic (exact) mass is 573 g/mol. The van der Waals surface area contributed by atoms with Gasteiger partial charge in [-0.05, 0) is 66.6 Å². The van der Waals surface area contributed by atoms with Crippen LogP contribution in [0, 0.1) is 0 Å². The Morgan fingerprint density at radius 1 is 0.763 bits per heavy atom. The van der Waals surface area contributed by atoms with E-state index in [1.807, 2.05) is 24.3 Å². The van der Waals surface area contributed by atoms with E-state index in [1.54, 1.807) is 46.2 Å². The number of ether oxygens (including phenoxy) is 1. The number of nitrogens with zero attached hydrogens (tertiary/aromatic N) is 2. The lowest BCUT2D eigenvalue weighted by molar-refractivity contribution is -0.138. The average Bonchev–Trinajstić information content (AvgIpc) is 2.94. The molecule has 0 atom stereocenters. The van der Waals surface area contributed by atoms with Crippen molar-refractivity contribution in [2.45, 2.75) is 12.8 Å². The van der Waals surface area contributed by atoms with Crippen LogP contribution < -0.4 is 10.1 Å². The zero-order valence-corrected chi connectivity index (χ0v) is 22.7. The van der Waals surface area contributed by atoms with Crippen LogP contribution in [-0.4, -0.2) is 59.6 Å². The molecule has 1 aliphatic heterocycles. The summed E-state index contributed by atoms with van der Waals surface area (Å²) < 4.78 is 5.90. The molecule has 7 nitrogen and oxygen atoms in total. The Kier molecular flexibility index (Phi) is 9.50. The van der Waals surface area contributed by atoms with Gasteiger partial charge >= 0.3 is 0 Å². The topological polar surface area (TPSA) is 79.0 Å². The summed E-state index contributed by atoms with van der Waals surface area (Å²) in [6.07, 6.45) is 1.02. The van der Waals surface area contributed by atoms with Gasteiger partial charge in [0.2, 0.25) is 11.8 Å². The van der Waals surface area contributed by atoms with Gasteiger partial charge in [0.15, 0.2) is 0 Å². The molecule has 1 saturated heterocycles. The fraction of sp³-hybridized carbons (Fsp3) is 0.250. The fourth-order valence-electron chi connectivity index (χ4n) is 4.01. The number of aryl methyl sites for hydroxylation is 1. The predicted octanol–water partition coefficient (Wildman–Crippen LogP) is 5.88. The quantitative estimate of drug-likeness (QED) is 0.341. The van der Waals surface area contributed by atoms with Gasteiger partial charge < -0.3 is 19.9 Å². The van der Waals surface area contributed by atoms with Crippen molar-refractivity contribution < 1.29 is 19.1 Å². The molecule has 1 heterocycles. The number of hydrogen-bond donors (Lipinski definition) is 1. The highest BCUT2D eigenvalue weighted by atomic mass is 35.5. The van der Waals surface area contributed by atoms with Crippen molar-refractivity contribution in [3.05, 3.63) is 87.9 Å². The molecule has 0 aromatic heterocycles. The summed E-state index contributed by atoms with van der Waals surface area (Å²) in [6.45, 7) is 2.11. The summed E-state index contributed by atoms with van der Waals surface area (Å²) in [5.74, 6) is 0.937. The van der Waals surface area contributed by atoms with Gasteiger partial charge in [0, 0.05) is 43.9 Å². The Balaban J connectivity index is 1.23. The second-order valence-electron chi connectivity index (χ2n) is 8.75. The summed E-state index contributed by atoms with van der Waals surface area (Å²) in [5.41, 5.74) is 2.05. The fourth-order valence-corrected chi connectivity index (χ4v) is 4.47. The van der Waals surface area contributed by atoms with E-state index in [9.17, 15) is 14.4 Å². The van der Waals surface area contributed by atoms with Gasteiger partial charge in [0.05, 0.1) is 10.0 Å². The molecule has 0 spiro atoms. The highest BCUT2D eigenvalue weighted by Crippen LogP contribution is 2.25. The molecule has 10 heteroatoms. The van der Waals surface area contributed by atoms with Gasteiger partial charge in [-0.2, -0.15) is 0 Å². The number of carbonyl (C=O) groups excluding carboxylic acids is 3. The molecule has 1 fully saturated rings. The van der Waals surface area contributed by atoms with Crippen LogP contribution in [0.1, 0.15) is 22.3 Å². The molecular formula is C28H26Cl3N3O4. The third kappa shape index (κ3) is 7.40. The zero-order valence-electron chi connectivity index (χ0n) is 20.5. The summed E-state index contributed by atoms with van der Waals surface area (Å²) in [4.78, 5) is 40.2. The van der Waals surface area contributed by atoms with E-state index in [4.69, 9.17) is 39.5 Å². The summed E-state index contributed by atoms with van der Waals surface area (Å²) >= 11 is 17.5. The normalized spacial score (nSPS) is 13.2. The molecular weight excluding hydrogens is 549 g/mol. The van der Waals surface area contributed by atoms with Crippen LogP contribution in [0.15, 0.2) is 66.7 Å². The van der Waals surface area contributed by atoms with Crippen LogP contribution >= 0.6 is 34.8 Å². The SMILES string of the molecule is O=C(Nc1ccc(Oc2ccc(CCC(=O)N3CCN(C(=O)CCl)CC3)cc2)cc1)c1ccc(Cl)c(Cl)c1. The maximum absolute atomic E-state index is 12.6. The lowest BCUT2D eigenvalue weighted by atomic mass is 10.1. The summed E-state index contributed by atoms with van der Waals surface area (Å²) in [5, 5.41) is 3.51. The minimum Gasteiger partial charge on any atom is -0.457 e. The van der Waals surface area contributed by atoms with Crippen LogP contribution in [0.25, 0.3) is 0 Å². The molecule has 1 N–H and O–H groups in total. The van der Waals surface area contributed by atoms with E-state index in [1.165, 1.54) is 6.07 Å². The molecule has 0 bridgehead atoms. The predicted molar refractivity (Wildman–Crippen MR) is 150 cm³/mol. The van der Waals surface area contributed by atoms with Crippen LogP contribution in [0.2, 0.25) is 10.0 Å². The van der Waals surface area contributed by atoms with Crippen molar-refractivity contribution in [1.29, 1.82) is 0 Å². The minimum atomic E-state index is -0.296. The van der Waals surface area contributed by atoms with Gasteiger partial charge in [0.25, 0.3) is 5.91 Å². The van der Waals surface area contributed by atoms with E-state index < -0.39 is 0 Å². The molecule has 3 aromatic carbocycles. The second kappa shape index (κ2) is 13.0. The highest BCUT2D eigenvalue weighted by molar-refractivity contribution is 6.42. The average molecular weight is 575 g/mol. The third-order valence-corrected chi connectivity index (χ3v) is 7.15. The first-order valence-corrected chi connectivity index (χ1v) is 13.4. The first kappa shape index (κ1) is 27.8. The number of amides is 3. The van der Waals surface area contributed by atoms with Gasteiger partial charge in [-0.3, -0.25) is 14.4 Å². The van der Waals surface area contributed by atoms with Crippen molar-refractivity contribution in [2.75, 3.05) is 37.4 Å². The Bertz CT molecular complexity index is 1290. The molecule has 198 valence electrons. The molecule has 1 aliphatic rings. The number of nitrogens with one attached hydrogen (secondary N) is 1. The Morgan fingerprint density at radius 2 is 1.34 bits per heavy atom. The molecule has 0 saturated carbocycles. The lowest BCUT2D eigenvalue weighted by Gasteiger charge is -2.34. The smallest absolute Gasteiger partial charge is 0.255 e. The maximum atomic E-state index is 12.6. The van der Waals surface area contributed by atoms with E-state index in [0.29, 0.717) is 71.8 Å². The maximum Gasteiger partial charge on any atom is 0.255 e. The van der Waals surface area contributed by atoms with Gasteiger partial charge in [-0.25, -0.2) is 0 Å². The standard InChI is InChI=1S/C28H26Cl3N3O4/c29-18-27(36)34-15-13-33(14-16-34)26(35)12-3-19-1-7-22(8-2-19)38-23-9-5-21(6-10-23)32-28(37)20-4-11-24(30)25(31)17-20/h1-2,4-11,17H,3,12-16,18H2,(H,32,37). The van der Waals surface area contributed by atoms with Crippen molar-refractivity contribution in [3.63, 3.8) is 0 Å². The van der Waals surface area contributed by atoms with Gasteiger partial charge in [0.1, 0.15) is 17.4 Å². The van der Waals surface area contributed by atoms with E-state index in [0.717, 1.165) is 5.56 Å². The Hall–Kier alpha value is -3.26. The number of benzene rings is 3. The molecule has 0 radical (unpaired) electrons. The minimum absolute atomic E-state index is 0.0294. The van der Waals surface area contributed by atoms with Crippen LogP contribution in [0.4, 0.5) is 5.69 Å².